The van der Waals surface area contributed by atoms with Crippen molar-refractivity contribution < 1.29 is 14.7 Å². The number of rotatable bonds is 9. The summed E-state index contributed by atoms with van der Waals surface area (Å²) in [7, 11) is 0. The van der Waals surface area contributed by atoms with Gasteiger partial charge in [-0.3, -0.25) is 4.79 Å². The fourth-order valence-corrected chi connectivity index (χ4v) is 3.25. The van der Waals surface area contributed by atoms with E-state index in [0.717, 1.165) is 30.6 Å². The fourth-order valence-electron chi connectivity index (χ4n) is 3.25. The third-order valence-electron chi connectivity index (χ3n) is 4.61. The highest BCUT2D eigenvalue weighted by molar-refractivity contribution is 5.73. The van der Waals surface area contributed by atoms with Crippen LogP contribution in [0, 0.1) is 17.8 Å². The number of nitrogens with one attached hydrogen (secondary N) is 1. The predicted molar refractivity (Wildman–Crippen MR) is 78.4 cm³/mol. The Labute approximate surface area is 121 Å². The maximum atomic E-state index is 10.7. The Hall–Kier alpha value is -0.940. The molecule has 5 heteroatoms. The van der Waals surface area contributed by atoms with Gasteiger partial charge in [0.15, 0.2) is 0 Å². The van der Waals surface area contributed by atoms with Gasteiger partial charge in [0.1, 0.15) is 6.29 Å². The van der Waals surface area contributed by atoms with E-state index in [-0.39, 0.29) is 12.5 Å². The maximum absolute atomic E-state index is 10.7. The summed E-state index contributed by atoms with van der Waals surface area (Å²) in [6.45, 7) is 5.12. The molecule has 1 saturated carbocycles. The maximum Gasteiger partial charge on any atom is 0.305 e. The number of aliphatic carboxylic acids is 1. The predicted octanol–water partition coefficient (Wildman–Crippen LogP) is 1.41. The second kappa shape index (κ2) is 8.37. The fraction of sp³-hybridized carbons (Fsp3) is 0.867. The summed E-state index contributed by atoms with van der Waals surface area (Å²) >= 11 is 0. The summed E-state index contributed by atoms with van der Waals surface area (Å²) in [6.07, 6.45) is 5.12. The number of carboxylic acid groups (broad SMARTS) is 1. The molecule has 20 heavy (non-hydrogen) atoms. The summed E-state index contributed by atoms with van der Waals surface area (Å²) in [5, 5.41) is 11.6. The highest BCUT2D eigenvalue weighted by atomic mass is 16.4. The molecule has 4 N–H and O–H groups in total. The summed E-state index contributed by atoms with van der Waals surface area (Å²) < 4.78 is 0. The Kier molecular flexibility index (Phi) is 7.16. The van der Waals surface area contributed by atoms with E-state index in [1.165, 1.54) is 12.8 Å². The molecule has 1 fully saturated rings. The lowest BCUT2D eigenvalue weighted by atomic mass is 9.86. The van der Waals surface area contributed by atoms with Crippen LogP contribution in [0.3, 0.4) is 0 Å². The molecular weight excluding hydrogens is 256 g/mol. The minimum atomic E-state index is -0.975. The van der Waals surface area contributed by atoms with Gasteiger partial charge in [-0.15, -0.1) is 0 Å². The quantitative estimate of drug-likeness (QED) is 0.557. The summed E-state index contributed by atoms with van der Waals surface area (Å²) in [5.41, 5.74) is 6.05. The van der Waals surface area contributed by atoms with Gasteiger partial charge in [-0.2, -0.15) is 0 Å². The first-order chi connectivity index (χ1) is 9.43. The Morgan fingerprint density at radius 1 is 1.40 bits per heavy atom. The molecule has 5 nitrogen and oxygen atoms in total. The van der Waals surface area contributed by atoms with Crippen LogP contribution in [0.4, 0.5) is 0 Å². The van der Waals surface area contributed by atoms with Crippen LogP contribution in [0.15, 0.2) is 0 Å². The normalized spacial score (nSPS) is 29.1. The molecule has 0 aromatic rings. The minimum Gasteiger partial charge on any atom is -0.481 e. The van der Waals surface area contributed by atoms with E-state index in [1.807, 2.05) is 0 Å². The SMILES string of the molecule is CC1CCC(C)C1CCC(N)CN[C@@H](C=O)CC(=O)O. The molecule has 0 aliphatic heterocycles. The number of carbonyl (C=O) groups excluding carboxylic acids is 1. The first-order valence-electron chi connectivity index (χ1n) is 7.60. The summed E-state index contributed by atoms with van der Waals surface area (Å²) in [6, 6.07) is -0.658. The lowest BCUT2D eigenvalue weighted by Crippen LogP contribution is -2.41. The van der Waals surface area contributed by atoms with Gasteiger partial charge >= 0.3 is 5.97 Å². The second-order valence-corrected chi connectivity index (χ2v) is 6.28. The molecule has 1 aliphatic rings. The zero-order valence-corrected chi connectivity index (χ0v) is 12.5. The summed E-state index contributed by atoms with van der Waals surface area (Å²) in [5.74, 6) is 1.33. The lowest BCUT2D eigenvalue weighted by molar-refractivity contribution is -0.138. The minimum absolute atomic E-state index is 0.0220. The average molecular weight is 284 g/mol. The summed E-state index contributed by atoms with van der Waals surface area (Å²) in [4.78, 5) is 21.3. The molecule has 0 amide bonds. The van der Waals surface area contributed by atoms with E-state index < -0.39 is 12.0 Å². The van der Waals surface area contributed by atoms with Gasteiger partial charge in [0, 0.05) is 12.6 Å². The monoisotopic (exact) mass is 284 g/mol. The van der Waals surface area contributed by atoms with Gasteiger partial charge in [-0.05, 0) is 30.6 Å². The van der Waals surface area contributed by atoms with Crippen LogP contribution in [0.5, 0.6) is 0 Å². The average Bonchev–Trinajstić information content (AvgIpc) is 2.71. The molecular formula is C15H28N2O3. The molecule has 0 heterocycles. The Balaban J connectivity index is 2.24. The number of aldehydes is 1. The molecule has 0 spiro atoms. The van der Waals surface area contributed by atoms with Gasteiger partial charge in [0.2, 0.25) is 0 Å². The molecule has 1 aliphatic carbocycles. The molecule has 0 radical (unpaired) electrons. The van der Waals surface area contributed by atoms with Crippen molar-refractivity contribution in [3.8, 4) is 0 Å². The molecule has 0 bridgehead atoms. The smallest absolute Gasteiger partial charge is 0.305 e. The van der Waals surface area contributed by atoms with Gasteiger partial charge in [0.05, 0.1) is 12.5 Å². The van der Waals surface area contributed by atoms with E-state index in [4.69, 9.17) is 10.8 Å². The zero-order chi connectivity index (χ0) is 15.1. The molecule has 116 valence electrons. The molecule has 0 aromatic carbocycles. The van der Waals surface area contributed by atoms with Crippen molar-refractivity contribution in [1.29, 1.82) is 0 Å². The first kappa shape index (κ1) is 17.1. The standard InChI is InChI=1S/C15H28N2O3/c1-10-3-4-11(2)14(10)6-5-12(16)8-17-13(9-18)7-15(19)20/h9-14,17H,3-8,16H2,1-2H3,(H,19,20)/t10?,11?,12?,13-,14?/m1/s1. The van der Waals surface area contributed by atoms with E-state index >= 15 is 0 Å². The van der Waals surface area contributed by atoms with E-state index in [1.54, 1.807) is 0 Å². The van der Waals surface area contributed by atoms with E-state index in [9.17, 15) is 9.59 Å². The van der Waals surface area contributed by atoms with Crippen molar-refractivity contribution in [2.24, 2.45) is 23.5 Å². The van der Waals surface area contributed by atoms with Gasteiger partial charge in [-0.25, -0.2) is 0 Å². The van der Waals surface area contributed by atoms with Crippen molar-refractivity contribution in [1.82, 2.24) is 5.32 Å². The molecule has 0 aromatic heterocycles. The van der Waals surface area contributed by atoms with E-state index in [0.29, 0.717) is 12.8 Å². The highest BCUT2D eigenvalue weighted by Gasteiger charge is 2.29. The van der Waals surface area contributed by atoms with Crippen LogP contribution in [0.25, 0.3) is 0 Å². The third-order valence-corrected chi connectivity index (χ3v) is 4.61. The first-order valence-corrected chi connectivity index (χ1v) is 7.60. The van der Waals surface area contributed by atoms with Crippen molar-refractivity contribution in [2.45, 2.75) is 58.0 Å². The Bertz CT molecular complexity index is 312. The van der Waals surface area contributed by atoms with Crippen LogP contribution in [-0.2, 0) is 9.59 Å². The number of hydrogen-bond acceptors (Lipinski definition) is 4. The molecule has 4 atom stereocenters. The zero-order valence-electron chi connectivity index (χ0n) is 12.5. The van der Waals surface area contributed by atoms with Gasteiger partial charge < -0.3 is 21.0 Å². The van der Waals surface area contributed by atoms with Crippen LogP contribution in [-0.4, -0.2) is 36.0 Å². The number of hydrogen-bond donors (Lipinski definition) is 3. The highest BCUT2D eigenvalue weighted by Crippen LogP contribution is 2.39. The van der Waals surface area contributed by atoms with Crippen molar-refractivity contribution in [2.75, 3.05) is 6.54 Å². The van der Waals surface area contributed by atoms with Gasteiger partial charge in [-0.1, -0.05) is 26.7 Å². The Morgan fingerprint density at radius 3 is 2.50 bits per heavy atom. The molecule has 0 saturated heterocycles. The van der Waals surface area contributed by atoms with Crippen LogP contribution < -0.4 is 11.1 Å². The lowest BCUT2D eigenvalue weighted by Gasteiger charge is -2.22. The third kappa shape index (κ3) is 5.59. The van der Waals surface area contributed by atoms with Crippen molar-refractivity contribution in [3.05, 3.63) is 0 Å². The van der Waals surface area contributed by atoms with Crippen LogP contribution >= 0.6 is 0 Å². The largest absolute Gasteiger partial charge is 0.481 e. The van der Waals surface area contributed by atoms with Crippen molar-refractivity contribution >= 4 is 12.3 Å². The molecule has 1 rings (SSSR count). The topological polar surface area (TPSA) is 92.4 Å². The number of carboxylic acids is 1. The van der Waals surface area contributed by atoms with Gasteiger partial charge in [0.25, 0.3) is 0 Å². The Morgan fingerprint density at radius 2 is 2.00 bits per heavy atom. The van der Waals surface area contributed by atoms with E-state index in [2.05, 4.69) is 19.2 Å². The second-order valence-electron chi connectivity index (χ2n) is 6.28. The molecule has 3 unspecified atom stereocenters. The number of nitrogens with two attached hydrogens (primary N) is 1. The van der Waals surface area contributed by atoms with Crippen LogP contribution in [0.2, 0.25) is 0 Å². The van der Waals surface area contributed by atoms with Crippen LogP contribution in [0.1, 0.15) is 46.0 Å². The van der Waals surface area contributed by atoms with Crippen molar-refractivity contribution in [3.63, 3.8) is 0 Å². The number of carbonyl (C=O) groups is 2.